The SMILES string of the molecule is O=C(O)CCCCCc1cccc(SSCC(C(=O)O)N2C(=O)CC(S(=O)(=O)O)C2=O)n1. The first kappa shape index (κ1) is 26.1. The average molecular weight is 507 g/mol. The van der Waals surface area contributed by atoms with E-state index in [2.05, 4.69) is 4.98 Å². The van der Waals surface area contributed by atoms with Crippen LogP contribution >= 0.6 is 21.6 Å². The molecule has 1 aromatic rings. The fourth-order valence-corrected chi connectivity index (χ4v) is 5.85. The maximum Gasteiger partial charge on any atom is 0.327 e. The van der Waals surface area contributed by atoms with E-state index in [-0.39, 0.29) is 12.2 Å². The molecule has 0 aliphatic carbocycles. The van der Waals surface area contributed by atoms with Crippen LogP contribution < -0.4 is 0 Å². The molecule has 176 valence electrons. The number of nitrogens with zero attached hydrogens (tertiary/aromatic N) is 2. The summed E-state index contributed by atoms with van der Waals surface area (Å²) in [5.41, 5.74) is 0.793. The van der Waals surface area contributed by atoms with Gasteiger partial charge in [0.1, 0.15) is 11.1 Å². The Balaban J connectivity index is 1.92. The number of rotatable bonds is 13. The molecule has 1 aromatic heterocycles. The summed E-state index contributed by atoms with van der Waals surface area (Å²) in [5, 5.41) is 16.7. The second-order valence-corrected chi connectivity index (χ2v) is 10.9. The molecule has 3 N–H and O–H groups in total. The second kappa shape index (κ2) is 11.6. The number of carboxylic acids is 2. The normalized spacial score (nSPS) is 17.5. The number of aliphatic carboxylic acids is 2. The van der Waals surface area contributed by atoms with E-state index >= 15 is 0 Å². The van der Waals surface area contributed by atoms with Gasteiger partial charge < -0.3 is 10.2 Å². The highest BCUT2D eigenvalue weighted by atomic mass is 33.1. The fourth-order valence-electron chi connectivity index (χ4n) is 3.00. The Morgan fingerprint density at radius 1 is 1.19 bits per heavy atom. The van der Waals surface area contributed by atoms with Crippen molar-refractivity contribution in [2.24, 2.45) is 0 Å². The molecule has 1 aliphatic heterocycles. The third-order valence-corrected chi connectivity index (χ3v) is 7.90. The molecule has 0 radical (unpaired) electrons. The van der Waals surface area contributed by atoms with Crippen molar-refractivity contribution in [1.29, 1.82) is 0 Å². The maximum atomic E-state index is 12.2. The maximum absolute atomic E-state index is 12.2. The summed E-state index contributed by atoms with van der Waals surface area (Å²) in [5.74, 6) is -4.74. The zero-order chi connectivity index (χ0) is 23.9. The lowest BCUT2D eigenvalue weighted by molar-refractivity contribution is -0.153. The number of aryl methyl sites for hydroxylation is 1. The lowest BCUT2D eigenvalue weighted by Crippen LogP contribution is -2.47. The molecule has 2 heterocycles. The number of carbonyl (C=O) groups is 4. The Hall–Kier alpha value is -2.16. The number of unbranched alkanes of at least 4 members (excludes halogenated alkanes) is 2. The molecule has 1 aliphatic rings. The smallest absolute Gasteiger partial charge is 0.327 e. The van der Waals surface area contributed by atoms with Crippen LogP contribution in [0.3, 0.4) is 0 Å². The van der Waals surface area contributed by atoms with Crippen molar-refractivity contribution in [3.63, 3.8) is 0 Å². The van der Waals surface area contributed by atoms with E-state index in [1.165, 1.54) is 0 Å². The summed E-state index contributed by atoms with van der Waals surface area (Å²) in [7, 11) is -2.64. The number of carbonyl (C=O) groups excluding carboxylic acids is 2. The largest absolute Gasteiger partial charge is 0.481 e. The zero-order valence-corrected chi connectivity index (χ0v) is 19.2. The number of hydrogen-bond acceptors (Lipinski definition) is 9. The van der Waals surface area contributed by atoms with Crippen LogP contribution in [0.2, 0.25) is 0 Å². The minimum atomic E-state index is -4.82. The summed E-state index contributed by atoms with van der Waals surface area (Å²) in [6.07, 6.45) is 2.10. The molecule has 11 nitrogen and oxygen atoms in total. The Morgan fingerprint density at radius 3 is 2.50 bits per heavy atom. The van der Waals surface area contributed by atoms with Crippen LogP contribution in [0, 0.1) is 0 Å². The summed E-state index contributed by atoms with van der Waals surface area (Å²) >= 11 is 0. The molecular formula is C18H22N2O9S3. The molecule has 0 bridgehead atoms. The number of likely N-dealkylation sites (tertiary alicyclic amines) is 1. The molecule has 2 amide bonds. The molecular weight excluding hydrogens is 484 g/mol. The van der Waals surface area contributed by atoms with Gasteiger partial charge in [0.05, 0.1) is 6.42 Å². The highest BCUT2D eigenvalue weighted by Gasteiger charge is 2.50. The van der Waals surface area contributed by atoms with Crippen LogP contribution in [-0.2, 0) is 35.7 Å². The van der Waals surface area contributed by atoms with Crippen LogP contribution in [0.5, 0.6) is 0 Å². The van der Waals surface area contributed by atoms with Gasteiger partial charge in [-0.15, -0.1) is 0 Å². The monoisotopic (exact) mass is 506 g/mol. The van der Waals surface area contributed by atoms with Gasteiger partial charge in [-0.2, -0.15) is 8.42 Å². The van der Waals surface area contributed by atoms with Crippen LogP contribution in [-0.4, -0.2) is 73.9 Å². The van der Waals surface area contributed by atoms with Gasteiger partial charge in [0.2, 0.25) is 5.91 Å². The number of pyridine rings is 1. The quantitative estimate of drug-likeness (QED) is 0.152. The van der Waals surface area contributed by atoms with Crippen LogP contribution in [0.25, 0.3) is 0 Å². The van der Waals surface area contributed by atoms with Crippen molar-refractivity contribution in [3.05, 3.63) is 23.9 Å². The van der Waals surface area contributed by atoms with Gasteiger partial charge in [-0.1, -0.05) is 23.3 Å². The van der Waals surface area contributed by atoms with Gasteiger partial charge >= 0.3 is 11.9 Å². The Kier molecular flexibility index (Phi) is 9.48. The van der Waals surface area contributed by atoms with Crippen molar-refractivity contribution in [3.8, 4) is 0 Å². The summed E-state index contributed by atoms with van der Waals surface area (Å²) in [6, 6.07) is 3.73. The first-order chi connectivity index (χ1) is 15.0. The predicted octanol–water partition coefficient (Wildman–Crippen LogP) is 1.48. The third kappa shape index (κ3) is 7.46. The van der Waals surface area contributed by atoms with Crippen LogP contribution in [0.15, 0.2) is 23.2 Å². The van der Waals surface area contributed by atoms with Crippen molar-refractivity contribution in [2.45, 2.75) is 54.8 Å². The van der Waals surface area contributed by atoms with Crippen LogP contribution in [0.1, 0.15) is 37.8 Å². The van der Waals surface area contributed by atoms with Crippen molar-refractivity contribution >= 4 is 55.5 Å². The van der Waals surface area contributed by atoms with Gasteiger partial charge in [-0.05, 0) is 42.2 Å². The molecule has 0 aromatic carbocycles. The lowest BCUT2D eigenvalue weighted by Gasteiger charge is -2.22. The molecule has 1 fully saturated rings. The molecule has 14 heteroatoms. The lowest BCUT2D eigenvalue weighted by atomic mass is 10.1. The molecule has 0 spiro atoms. The minimum absolute atomic E-state index is 0.123. The van der Waals surface area contributed by atoms with E-state index < -0.39 is 51.6 Å². The number of imide groups is 1. The van der Waals surface area contributed by atoms with Gasteiger partial charge in [-0.3, -0.25) is 23.8 Å². The molecule has 2 unspecified atom stereocenters. The number of amides is 2. The second-order valence-electron chi connectivity index (χ2n) is 6.95. The van der Waals surface area contributed by atoms with E-state index in [0.717, 1.165) is 40.1 Å². The Labute approximate surface area is 192 Å². The van der Waals surface area contributed by atoms with Crippen molar-refractivity contribution < 1.29 is 42.4 Å². The van der Waals surface area contributed by atoms with Crippen LogP contribution in [0.4, 0.5) is 0 Å². The van der Waals surface area contributed by atoms with E-state index in [1.807, 2.05) is 6.07 Å². The standard InChI is InChI=1S/C18H22N2O9S3/c21-15-9-13(32(27,28)29)17(24)20(15)12(18(25)26)10-30-31-14-7-4-6-11(19-14)5-2-1-3-8-16(22)23/h4,6-7,12-13H,1-3,5,8-10H2,(H,22,23)(H,25,26)(H,27,28,29). The molecule has 2 atom stereocenters. The summed E-state index contributed by atoms with van der Waals surface area (Å²) < 4.78 is 31.6. The summed E-state index contributed by atoms with van der Waals surface area (Å²) in [4.78, 5) is 51.2. The summed E-state index contributed by atoms with van der Waals surface area (Å²) in [6.45, 7) is 0. The van der Waals surface area contributed by atoms with E-state index in [1.54, 1.807) is 12.1 Å². The van der Waals surface area contributed by atoms with Gasteiger partial charge in [0.25, 0.3) is 16.0 Å². The first-order valence-corrected chi connectivity index (χ1v) is 13.3. The number of carboxylic acid groups (broad SMARTS) is 2. The van der Waals surface area contributed by atoms with E-state index in [4.69, 9.17) is 9.66 Å². The zero-order valence-electron chi connectivity index (χ0n) is 16.7. The third-order valence-electron chi connectivity index (χ3n) is 4.57. The van der Waals surface area contributed by atoms with Gasteiger partial charge in [0.15, 0.2) is 5.25 Å². The number of aromatic nitrogens is 1. The van der Waals surface area contributed by atoms with Gasteiger partial charge in [-0.25, -0.2) is 9.78 Å². The van der Waals surface area contributed by atoms with E-state index in [0.29, 0.717) is 22.8 Å². The minimum Gasteiger partial charge on any atom is -0.481 e. The Morgan fingerprint density at radius 2 is 1.91 bits per heavy atom. The average Bonchev–Trinajstić information content (AvgIpc) is 2.99. The predicted molar refractivity (Wildman–Crippen MR) is 116 cm³/mol. The first-order valence-electron chi connectivity index (χ1n) is 9.53. The topological polar surface area (TPSA) is 179 Å². The molecule has 32 heavy (non-hydrogen) atoms. The van der Waals surface area contributed by atoms with Gasteiger partial charge in [0, 0.05) is 17.9 Å². The molecule has 1 saturated heterocycles. The van der Waals surface area contributed by atoms with Crippen molar-refractivity contribution in [1.82, 2.24) is 9.88 Å². The highest BCUT2D eigenvalue weighted by Crippen LogP contribution is 2.32. The highest BCUT2D eigenvalue weighted by molar-refractivity contribution is 8.76. The fraction of sp³-hybridized carbons (Fsp3) is 0.500. The van der Waals surface area contributed by atoms with Crippen molar-refractivity contribution in [2.75, 3.05) is 5.75 Å². The molecule has 2 rings (SSSR count). The van der Waals surface area contributed by atoms with E-state index in [9.17, 15) is 32.7 Å². The molecule has 0 saturated carbocycles. The Bertz CT molecular complexity index is 984. The number of hydrogen-bond donors (Lipinski definition) is 3.